The Labute approximate surface area is 255 Å². The number of aryl methyl sites for hydroxylation is 2. The molecule has 1 saturated heterocycles. The number of rotatable bonds is 10. The zero-order chi connectivity index (χ0) is 30.7. The molecule has 1 aliphatic heterocycles. The largest absolute Gasteiger partial charge is 0.481 e. The van der Waals surface area contributed by atoms with Crippen LogP contribution in [0.1, 0.15) is 64.5 Å². The summed E-state index contributed by atoms with van der Waals surface area (Å²) in [6.07, 6.45) is 8.43. The van der Waals surface area contributed by atoms with Gasteiger partial charge in [0.1, 0.15) is 11.6 Å². The summed E-state index contributed by atoms with van der Waals surface area (Å²) in [6, 6.07) is 11.3. The predicted octanol–water partition coefficient (Wildman–Crippen LogP) is 4.80. The molecule has 43 heavy (non-hydrogen) atoms. The number of carbonyl (C=O) groups excluding carboxylic acids is 2. The van der Waals surface area contributed by atoms with Gasteiger partial charge in [-0.15, -0.1) is 0 Å². The van der Waals surface area contributed by atoms with E-state index in [0.29, 0.717) is 59.7 Å². The smallest absolute Gasteiger partial charge is 0.257 e. The second-order valence-electron chi connectivity index (χ2n) is 11.4. The molecule has 1 N–H and O–H groups in total. The molecule has 1 unspecified atom stereocenters. The standard InChI is InChI=1S/C33H39N5O4S/c1-6-31(39)38-15-14-37(19-23(38)4)20-29(27-12-11-25(18-35-27)24-9-10-24)42-28-16-22(3)26(17-30(28)43(5)41)33(40)36-32-21(2)8-7-13-34-32/h6-8,11-13,16-18,23-24,29H,1,9-10,14-15,19-20H2,2-5H3,(H,34,36,40)/t23-,29-,43?/m1/s1. The highest BCUT2D eigenvalue weighted by atomic mass is 32.2. The maximum absolute atomic E-state index is 13.3. The van der Waals surface area contributed by atoms with Gasteiger partial charge in [0.2, 0.25) is 5.91 Å². The van der Waals surface area contributed by atoms with Gasteiger partial charge in [-0.2, -0.15) is 0 Å². The first kappa shape index (κ1) is 30.6. The first-order valence-electron chi connectivity index (χ1n) is 14.6. The van der Waals surface area contributed by atoms with Crippen LogP contribution in [-0.4, -0.2) is 74.3 Å². The molecule has 9 nitrogen and oxygen atoms in total. The van der Waals surface area contributed by atoms with Crippen LogP contribution in [0.2, 0.25) is 0 Å². The average molecular weight is 602 g/mol. The Morgan fingerprint density at radius 1 is 1.16 bits per heavy atom. The third kappa shape index (κ3) is 7.19. The van der Waals surface area contributed by atoms with Crippen LogP contribution in [-0.2, 0) is 15.6 Å². The molecule has 0 bridgehead atoms. The molecule has 3 heterocycles. The number of nitrogens with one attached hydrogen (secondary N) is 1. The molecule has 1 saturated carbocycles. The molecule has 5 rings (SSSR count). The van der Waals surface area contributed by atoms with Crippen molar-refractivity contribution in [1.82, 2.24) is 19.8 Å². The van der Waals surface area contributed by atoms with E-state index >= 15 is 0 Å². The number of pyridine rings is 2. The van der Waals surface area contributed by atoms with Crippen molar-refractivity contribution in [3.05, 3.63) is 89.4 Å². The fourth-order valence-electron chi connectivity index (χ4n) is 5.50. The first-order chi connectivity index (χ1) is 20.6. The van der Waals surface area contributed by atoms with Crippen molar-refractivity contribution in [1.29, 1.82) is 0 Å². The van der Waals surface area contributed by atoms with Crippen LogP contribution in [0.15, 0.2) is 66.3 Å². The number of amides is 2. The van der Waals surface area contributed by atoms with E-state index in [1.165, 1.54) is 24.5 Å². The van der Waals surface area contributed by atoms with Crippen LogP contribution in [0.3, 0.4) is 0 Å². The summed E-state index contributed by atoms with van der Waals surface area (Å²) < 4.78 is 19.6. The number of ether oxygens (including phenoxy) is 1. The van der Waals surface area contributed by atoms with E-state index in [-0.39, 0.29) is 17.9 Å². The van der Waals surface area contributed by atoms with Crippen molar-refractivity contribution in [2.75, 3.05) is 37.8 Å². The van der Waals surface area contributed by atoms with Gasteiger partial charge >= 0.3 is 0 Å². The van der Waals surface area contributed by atoms with Gasteiger partial charge in [-0.3, -0.25) is 23.7 Å². The van der Waals surface area contributed by atoms with E-state index in [0.717, 1.165) is 11.3 Å². The Balaban J connectivity index is 1.42. The number of benzene rings is 1. The van der Waals surface area contributed by atoms with Crippen molar-refractivity contribution in [3.63, 3.8) is 0 Å². The van der Waals surface area contributed by atoms with E-state index in [1.807, 2.05) is 50.1 Å². The third-order valence-corrected chi connectivity index (χ3v) is 9.08. The van der Waals surface area contributed by atoms with Crippen molar-refractivity contribution in [2.24, 2.45) is 0 Å². The lowest BCUT2D eigenvalue weighted by atomic mass is 10.1. The van der Waals surface area contributed by atoms with Crippen molar-refractivity contribution in [2.45, 2.75) is 56.6 Å². The molecule has 1 aromatic carbocycles. The molecule has 2 amide bonds. The fraction of sp³-hybridized carbons (Fsp3) is 0.394. The minimum Gasteiger partial charge on any atom is -0.481 e. The number of piperazine rings is 1. The van der Waals surface area contributed by atoms with Gasteiger partial charge < -0.3 is 15.0 Å². The summed E-state index contributed by atoms with van der Waals surface area (Å²) in [4.78, 5) is 39.1. The van der Waals surface area contributed by atoms with Gasteiger partial charge in [0, 0.05) is 56.4 Å². The van der Waals surface area contributed by atoms with Gasteiger partial charge in [-0.1, -0.05) is 18.7 Å². The first-order valence-corrected chi connectivity index (χ1v) is 16.2. The summed E-state index contributed by atoms with van der Waals surface area (Å²) in [5, 5.41) is 2.87. The monoisotopic (exact) mass is 601 g/mol. The molecule has 226 valence electrons. The second-order valence-corrected chi connectivity index (χ2v) is 12.8. The third-order valence-electron chi connectivity index (χ3n) is 8.14. The highest BCUT2D eigenvalue weighted by Crippen LogP contribution is 2.40. The summed E-state index contributed by atoms with van der Waals surface area (Å²) >= 11 is 0. The molecular formula is C33H39N5O4S. The molecule has 2 aliphatic rings. The molecular weight excluding hydrogens is 562 g/mol. The van der Waals surface area contributed by atoms with Crippen LogP contribution in [0, 0.1) is 13.8 Å². The highest BCUT2D eigenvalue weighted by molar-refractivity contribution is 7.84. The molecule has 10 heteroatoms. The lowest BCUT2D eigenvalue weighted by Gasteiger charge is -2.40. The lowest BCUT2D eigenvalue weighted by Crippen LogP contribution is -2.54. The Kier molecular flexibility index (Phi) is 9.37. The lowest BCUT2D eigenvalue weighted by molar-refractivity contribution is -0.130. The summed E-state index contributed by atoms with van der Waals surface area (Å²) in [7, 11) is -1.43. The van der Waals surface area contributed by atoms with Gasteiger partial charge in [0.25, 0.3) is 5.91 Å². The average Bonchev–Trinajstić information content (AvgIpc) is 3.83. The number of anilines is 1. The van der Waals surface area contributed by atoms with E-state index in [9.17, 15) is 13.8 Å². The molecule has 1 aliphatic carbocycles. The topological polar surface area (TPSA) is 105 Å². The molecule has 0 spiro atoms. The molecule has 0 radical (unpaired) electrons. The predicted molar refractivity (Wildman–Crippen MR) is 168 cm³/mol. The van der Waals surface area contributed by atoms with Crippen molar-refractivity contribution < 1.29 is 18.5 Å². The van der Waals surface area contributed by atoms with Crippen LogP contribution in [0.25, 0.3) is 0 Å². The Morgan fingerprint density at radius 2 is 1.95 bits per heavy atom. The van der Waals surface area contributed by atoms with E-state index in [2.05, 4.69) is 27.8 Å². The number of carbonyl (C=O) groups is 2. The highest BCUT2D eigenvalue weighted by Gasteiger charge is 2.30. The van der Waals surface area contributed by atoms with Crippen LogP contribution in [0.4, 0.5) is 5.82 Å². The van der Waals surface area contributed by atoms with Gasteiger partial charge in [0.05, 0.1) is 21.4 Å². The van der Waals surface area contributed by atoms with Crippen LogP contribution in [0.5, 0.6) is 5.75 Å². The van der Waals surface area contributed by atoms with Crippen LogP contribution >= 0.6 is 0 Å². The number of hydrogen-bond acceptors (Lipinski definition) is 7. The summed E-state index contributed by atoms with van der Waals surface area (Å²) in [5.74, 6) is 1.13. The maximum atomic E-state index is 13.3. The van der Waals surface area contributed by atoms with Gasteiger partial charge in [0.15, 0.2) is 6.10 Å². The molecule has 3 atom stereocenters. The Morgan fingerprint density at radius 3 is 2.58 bits per heavy atom. The molecule has 2 fully saturated rings. The van der Waals surface area contributed by atoms with Crippen LogP contribution < -0.4 is 10.1 Å². The summed E-state index contributed by atoms with van der Waals surface area (Å²) in [5.41, 5.74) is 3.95. The normalized spacial score (nSPS) is 18.5. The second kappa shape index (κ2) is 13.2. The van der Waals surface area contributed by atoms with Gasteiger partial charge in [-0.05, 0) is 86.6 Å². The zero-order valence-corrected chi connectivity index (χ0v) is 26.0. The number of hydrogen-bond donors (Lipinski definition) is 1. The van der Waals surface area contributed by atoms with Crippen molar-refractivity contribution in [3.8, 4) is 5.75 Å². The number of nitrogens with zero attached hydrogens (tertiary/aromatic N) is 4. The zero-order valence-electron chi connectivity index (χ0n) is 25.2. The SMILES string of the molecule is C=CC(=O)N1CCN(C[C@@H](Oc2cc(C)c(C(=O)Nc3ncccc3C)cc2S(C)=O)c2ccc(C3CC3)cn2)C[C@H]1C. The van der Waals surface area contributed by atoms with Gasteiger partial charge in [-0.25, -0.2) is 4.98 Å². The molecule has 3 aromatic rings. The van der Waals surface area contributed by atoms with E-state index in [1.54, 1.807) is 24.6 Å². The molecule has 2 aromatic heterocycles. The Bertz CT molecular complexity index is 1540. The van der Waals surface area contributed by atoms with Crippen molar-refractivity contribution >= 4 is 28.4 Å². The van der Waals surface area contributed by atoms with E-state index < -0.39 is 16.9 Å². The fourth-order valence-corrected chi connectivity index (χ4v) is 6.18. The number of aromatic nitrogens is 2. The minimum atomic E-state index is -1.43. The maximum Gasteiger partial charge on any atom is 0.257 e. The quantitative estimate of drug-likeness (QED) is 0.333. The summed E-state index contributed by atoms with van der Waals surface area (Å²) in [6.45, 7) is 11.9. The van der Waals surface area contributed by atoms with E-state index in [4.69, 9.17) is 9.72 Å². The minimum absolute atomic E-state index is 0.0200. The Hall–Kier alpha value is -3.89.